The van der Waals surface area contributed by atoms with E-state index in [4.69, 9.17) is 5.11 Å². The number of nitrogens with zero attached hydrogens (tertiary/aromatic N) is 1. The second kappa shape index (κ2) is 4.23. The van der Waals surface area contributed by atoms with Gasteiger partial charge in [-0.3, -0.25) is 9.78 Å². The lowest BCUT2D eigenvalue weighted by Crippen LogP contribution is -2.30. The van der Waals surface area contributed by atoms with Gasteiger partial charge in [-0.15, -0.1) is 0 Å². The number of thioether (sulfide) groups is 1. The van der Waals surface area contributed by atoms with Gasteiger partial charge in [-0.05, 0) is 24.3 Å². The topological polar surface area (TPSA) is 50.2 Å². The first-order valence-corrected chi connectivity index (χ1v) is 6.09. The smallest absolute Gasteiger partial charge is 0.304 e. The Bertz CT molecular complexity index is 347. The lowest BCUT2D eigenvalue weighted by molar-refractivity contribution is -0.138. The fraction of sp³-hybridized carbons (Fsp3) is 0.455. The van der Waals surface area contributed by atoms with Crippen LogP contribution in [0.15, 0.2) is 24.4 Å². The van der Waals surface area contributed by atoms with Gasteiger partial charge in [0.25, 0.3) is 0 Å². The average molecular weight is 223 g/mol. The fourth-order valence-corrected chi connectivity index (χ4v) is 3.47. The second-order valence-electron chi connectivity index (χ2n) is 3.87. The zero-order valence-corrected chi connectivity index (χ0v) is 9.17. The number of carbonyl (C=O) groups is 1. The van der Waals surface area contributed by atoms with Crippen LogP contribution >= 0.6 is 11.8 Å². The highest BCUT2D eigenvalue weighted by Crippen LogP contribution is 2.40. The van der Waals surface area contributed by atoms with E-state index >= 15 is 0 Å². The van der Waals surface area contributed by atoms with E-state index in [1.165, 1.54) is 0 Å². The average Bonchev–Trinajstić information content (AvgIpc) is 2.68. The molecule has 1 saturated heterocycles. The van der Waals surface area contributed by atoms with Crippen molar-refractivity contribution < 1.29 is 9.90 Å². The minimum atomic E-state index is -0.733. The van der Waals surface area contributed by atoms with Crippen molar-refractivity contribution in [3.8, 4) is 0 Å². The molecule has 0 radical (unpaired) electrons. The number of carboxylic acids is 1. The Labute approximate surface area is 92.9 Å². The molecule has 1 aliphatic rings. The fourth-order valence-electron chi connectivity index (χ4n) is 2.01. The number of aliphatic carboxylic acids is 1. The highest BCUT2D eigenvalue weighted by Gasteiger charge is 2.39. The van der Waals surface area contributed by atoms with Gasteiger partial charge in [0.15, 0.2) is 0 Å². The molecule has 3 nitrogen and oxygen atoms in total. The first-order chi connectivity index (χ1) is 7.23. The maximum atomic E-state index is 10.9. The Hall–Kier alpha value is -1.03. The van der Waals surface area contributed by atoms with E-state index in [-0.39, 0.29) is 11.8 Å². The maximum Gasteiger partial charge on any atom is 0.304 e. The Morgan fingerprint density at radius 2 is 2.47 bits per heavy atom. The van der Waals surface area contributed by atoms with Crippen molar-refractivity contribution in [3.63, 3.8) is 0 Å². The van der Waals surface area contributed by atoms with Gasteiger partial charge in [0.2, 0.25) is 0 Å². The quantitative estimate of drug-likeness (QED) is 0.850. The summed E-state index contributed by atoms with van der Waals surface area (Å²) in [6.07, 6.45) is 2.85. The standard InChI is InChI=1S/C11H13NO2S/c13-10(14)7-11(4-6-15-8-11)9-3-1-2-5-12-9/h1-3,5H,4,6-8H2,(H,13,14). The molecule has 0 bridgehead atoms. The minimum Gasteiger partial charge on any atom is -0.481 e. The van der Waals surface area contributed by atoms with Crippen molar-refractivity contribution in [2.45, 2.75) is 18.3 Å². The third-order valence-corrected chi connectivity index (χ3v) is 4.05. The molecule has 0 aliphatic carbocycles. The zero-order chi connectivity index (χ0) is 10.7. The molecule has 15 heavy (non-hydrogen) atoms. The minimum absolute atomic E-state index is 0.191. The van der Waals surface area contributed by atoms with Crippen LogP contribution in [0.2, 0.25) is 0 Å². The van der Waals surface area contributed by atoms with Crippen LogP contribution in [0.4, 0.5) is 0 Å². The van der Waals surface area contributed by atoms with E-state index in [0.717, 1.165) is 23.6 Å². The Morgan fingerprint density at radius 1 is 1.60 bits per heavy atom. The van der Waals surface area contributed by atoms with E-state index in [2.05, 4.69) is 4.98 Å². The van der Waals surface area contributed by atoms with Crippen LogP contribution in [0.25, 0.3) is 0 Å². The van der Waals surface area contributed by atoms with Gasteiger partial charge in [-0.2, -0.15) is 11.8 Å². The molecule has 80 valence electrons. The van der Waals surface area contributed by atoms with Crippen molar-refractivity contribution >= 4 is 17.7 Å². The summed E-state index contributed by atoms with van der Waals surface area (Å²) in [6.45, 7) is 0. The first kappa shape index (κ1) is 10.5. The summed E-state index contributed by atoms with van der Waals surface area (Å²) >= 11 is 1.81. The molecule has 1 N–H and O–H groups in total. The lowest BCUT2D eigenvalue weighted by Gasteiger charge is -2.25. The van der Waals surface area contributed by atoms with Gasteiger partial charge >= 0.3 is 5.97 Å². The second-order valence-corrected chi connectivity index (χ2v) is 4.97. The number of pyridine rings is 1. The van der Waals surface area contributed by atoms with Gasteiger partial charge in [0.1, 0.15) is 0 Å². The van der Waals surface area contributed by atoms with Crippen molar-refractivity contribution in [2.75, 3.05) is 11.5 Å². The molecule has 1 atom stereocenters. The van der Waals surface area contributed by atoms with Gasteiger partial charge in [-0.1, -0.05) is 6.07 Å². The predicted octanol–water partition coefficient (Wildman–Crippen LogP) is 1.93. The van der Waals surface area contributed by atoms with Crippen LogP contribution in [0.1, 0.15) is 18.5 Å². The number of hydrogen-bond acceptors (Lipinski definition) is 3. The van der Waals surface area contributed by atoms with Crippen LogP contribution < -0.4 is 0 Å². The molecule has 0 aromatic carbocycles. The Morgan fingerprint density at radius 3 is 3.00 bits per heavy atom. The third-order valence-electron chi connectivity index (χ3n) is 2.80. The molecule has 0 spiro atoms. The van der Waals surface area contributed by atoms with Crippen LogP contribution in [0.3, 0.4) is 0 Å². The van der Waals surface area contributed by atoms with E-state index in [9.17, 15) is 4.79 Å². The van der Waals surface area contributed by atoms with E-state index in [1.807, 2.05) is 30.0 Å². The molecule has 0 amide bonds. The lowest BCUT2D eigenvalue weighted by atomic mass is 9.80. The number of carboxylic acid groups (broad SMARTS) is 1. The van der Waals surface area contributed by atoms with Crippen LogP contribution in [0.5, 0.6) is 0 Å². The van der Waals surface area contributed by atoms with Gasteiger partial charge in [-0.25, -0.2) is 0 Å². The normalized spacial score (nSPS) is 25.3. The Balaban J connectivity index is 2.30. The first-order valence-electron chi connectivity index (χ1n) is 4.94. The summed E-state index contributed by atoms with van der Waals surface area (Å²) in [7, 11) is 0. The number of aromatic nitrogens is 1. The summed E-state index contributed by atoms with van der Waals surface area (Å²) in [5.74, 6) is 1.17. The summed E-state index contributed by atoms with van der Waals surface area (Å²) in [6, 6.07) is 5.73. The molecule has 0 saturated carbocycles. The molecule has 1 aliphatic heterocycles. The summed E-state index contributed by atoms with van der Waals surface area (Å²) < 4.78 is 0. The van der Waals surface area contributed by atoms with E-state index in [1.54, 1.807) is 6.20 Å². The molecule has 1 aromatic rings. The molecule has 1 fully saturated rings. The molecular weight excluding hydrogens is 210 g/mol. The summed E-state index contributed by atoms with van der Waals surface area (Å²) in [5, 5.41) is 8.96. The van der Waals surface area contributed by atoms with Gasteiger partial charge in [0, 0.05) is 23.1 Å². The molecular formula is C11H13NO2S. The number of rotatable bonds is 3. The molecule has 4 heteroatoms. The van der Waals surface area contributed by atoms with E-state index in [0.29, 0.717) is 0 Å². The van der Waals surface area contributed by atoms with Crippen molar-refractivity contribution in [1.29, 1.82) is 0 Å². The maximum absolute atomic E-state index is 10.9. The predicted molar refractivity (Wildman–Crippen MR) is 60.1 cm³/mol. The van der Waals surface area contributed by atoms with Crippen molar-refractivity contribution in [3.05, 3.63) is 30.1 Å². The third kappa shape index (κ3) is 2.15. The number of hydrogen-bond donors (Lipinski definition) is 1. The van der Waals surface area contributed by atoms with Gasteiger partial charge < -0.3 is 5.11 Å². The Kier molecular flexibility index (Phi) is 2.95. The highest BCUT2D eigenvalue weighted by atomic mass is 32.2. The summed E-state index contributed by atoms with van der Waals surface area (Å²) in [4.78, 5) is 15.2. The zero-order valence-electron chi connectivity index (χ0n) is 8.35. The molecule has 2 heterocycles. The molecule has 1 aromatic heterocycles. The van der Waals surface area contributed by atoms with Crippen LogP contribution in [-0.4, -0.2) is 27.6 Å². The monoisotopic (exact) mass is 223 g/mol. The van der Waals surface area contributed by atoms with Crippen molar-refractivity contribution in [1.82, 2.24) is 4.98 Å². The molecule has 2 rings (SSSR count). The summed E-state index contributed by atoms with van der Waals surface area (Å²) in [5.41, 5.74) is 0.690. The van der Waals surface area contributed by atoms with E-state index < -0.39 is 5.97 Å². The SMILES string of the molecule is O=C(O)CC1(c2ccccn2)CCSC1. The van der Waals surface area contributed by atoms with Crippen molar-refractivity contribution in [2.24, 2.45) is 0 Å². The largest absolute Gasteiger partial charge is 0.481 e. The van der Waals surface area contributed by atoms with Crippen LogP contribution in [0, 0.1) is 0 Å². The van der Waals surface area contributed by atoms with Crippen LogP contribution in [-0.2, 0) is 10.2 Å². The highest BCUT2D eigenvalue weighted by molar-refractivity contribution is 7.99. The van der Waals surface area contributed by atoms with Gasteiger partial charge in [0.05, 0.1) is 6.42 Å². The molecule has 1 unspecified atom stereocenters.